The molecule has 0 aliphatic rings. The zero-order valence-corrected chi connectivity index (χ0v) is 19.8. The Hall–Kier alpha value is -2.16. The summed E-state index contributed by atoms with van der Waals surface area (Å²) in [4.78, 5) is 4.76. The maximum Gasteiger partial charge on any atom is 0.191 e. The lowest BCUT2D eigenvalue weighted by Gasteiger charge is -2.14. The van der Waals surface area contributed by atoms with Crippen LogP contribution in [0.5, 0.6) is 0 Å². The Kier molecular flexibility index (Phi) is 9.37. The number of aliphatic imine (C=N–C) groups is 1. The largest absolute Gasteiger partial charge is 0.357 e. The third-order valence-electron chi connectivity index (χ3n) is 4.77. The highest BCUT2D eigenvalue weighted by Gasteiger charge is 2.07. The number of halogens is 1. The molecular weight excluding hydrogens is 475 g/mol. The summed E-state index contributed by atoms with van der Waals surface area (Å²) in [6.45, 7) is 8.86. The predicted octanol–water partition coefficient (Wildman–Crippen LogP) is 3.95. The molecule has 0 saturated heterocycles. The van der Waals surface area contributed by atoms with E-state index < -0.39 is 0 Å². The Morgan fingerprint density at radius 3 is 2.66 bits per heavy atom. The molecule has 0 aliphatic carbocycles. The average Bonchev–Trinajstić information content (AvgIpc) is 3.12. The molecule has 2 heterocycles. The van der Waals surface area contributed by atoms with Crippen molar-refractivity contribution in [1.82, 2.24) is 25.2 Å². The van der Waals surface area contributed by atoms with Gasteiger partial charge in [-0.25, -0.2) is 0 Å². The minimum Gasteiger partial charge on any atom is -0.357 e. The van der Waals surface area contributed by atoms with Crippen molar-refractivity contribution in [1.29, 1.82) is 0 Å². The van der Waals surface area contributed by atoms with Crippen molar-refractivity contribution in [2.75, 3.05) is 19.6 Å². The predicted molar refractivity (Wildman–Crippen MR) is 130 cm³/mol. The topological polar surface area (TPSA) is 66.6 Å². The Morgan fingerprint density at radius 2 is 1.90 bits per heavy atom. The summed E-state index contributed by atoms with van der Waals surface area (Å²) in [5.41, 5.74) is 3.50. The van der Waals surface area contributed by atoms with Crippen LogP contribution in [0.4, 0.5) is 0 Å². The van der Waals surface area contributed by atoms with E-state index in [-0.39, 0.29) is 24.0 Å². The molecule has 0 radical (unpaired) electrons. The van der Waals surface area contributed by atoms with Crippen molar-refractivity contribution in [3.05, 3.63) is 65.6 Å². The van der Waals surface area contributed by atoms with Gasteiger partial charge in [0.15, 0.2) is 11.6 Å². The molecule has 0 amide bonds. The number of nitrogens with one attached hydrogen (secondary N) is 2. The second-order valence-electron chi connectivity index (χ2n) is 7.11. The molecule has 0 spiro atoms. The van der Waals surface area contributed by atoms with Crippen molar-refractivity contribution in [2.45, 2.75) is 39.5 Å². The number of rotatable bonds is 8. The van der Waals surface area contributed by atoms with E-state index in [1.165, 1.54) is 11.1 Å². The monoisotopic (exact) mass is 506 g/mol. The molecule has 1 aromatic carbocycles. The highest BCUT2D eigenvalue weighted by molar-refractivity contribution is 14.0. The van der Waals surface area contributed by atoms with Crippen LogP contribution in [-0.4, -0.2) is 40.2 Å². The summed E-state index contributed by atoms with van der Waals surface area (Å²) in [6, 6.07) is 14.7. The molecule has 29 heavy (non-hydrogen) atoms. The van der Waals surface area contributed by atoms with Gasteiger partial charge in [0.2, 0.25) is 0 Å². The van der Waals surface area contributed by atoms with Crippen LogP contribution < -0.4 is 10.6 Å². The third kappa shape index (κ3) is 6.69. The van der Waals surface area contributed by atoms with E-state index in [9.17, 15) is 0 Å². The molecule has 1 unspecified atom stereocenters. The van der Waals surface area contributed by atoms with Crippen molar-refractivity contribution in [3.63, 3.8) is 0 Å². The van der Waals surface area contributed by atoms with Gasteiger partial charge in [-0.3, -0.25) is 9.39 Å². The second kappa shape index (κ2) is 11.7. The summed E-state index contributed by atoms with van der Waals surface area (Å²) in [6.07, 6.45) is 3.85. The normalized spacial score (nSPS) is 12.4. The van der Waals surface area contributed by atoms with Gasteiger partial charge in [0.05, 0.1) is 0 Å². The Morgan fingerprint density at radius 1 is 1.10 bits per heavy atom. The number of nitrogens with zero attached hydrogens (tertiary/aromatic N) is 4. The molecule has 2 N–H and O–H groups in total. The van der Waals surface area contributed by atoms with Crippen LogP contribution in [0, 0.1) is 6.92 Å². The van der Waals surface area contributed by atoms with E-state index in [0.717, 1.165) is 49.9 Å². The maximum atomic E-state index is 4.76. The lowest BCUT2D eigenvalue weighted by atomic mass is 10.0. The average molecular weight is 506 g/mol. The first kappa shape index (κ1) is 23.1. The number of fused-ring (bicyclic) bond motifs is 1. The van der Waals surface area contributed by atoms with Crippen molar-refractivity contribution < 1.29 is 0 Å². The Balaban J connectivity index is 0.00000300. The zero-order chi connectivity index (χ0) is 19.8. The number of benzene rings is 1. The summed E-state index contributed by atoms with van der Waals surface area (Å²) in [5.74, 6) is 2.25. The van der Waals surface area contributed by atoms with Crippen molar-refractivity contribution >= 4 is 35.6 Å². The van der Waals surface area contributed by atoms with Gasteiger partial charge in [-0.2, -0.15) is 0 Å². The molecule has 1 atom stereocenters. The molecule has 6 nitrogen and oxygen atoms in total. The van der Waals surface area contributed by atoms with Crippen molar-refractivity contribution in [3.8, 4) is 0 Å². The van der Waals surface area contributed by atoms with Crippen LogP contribution in [0.25, 0.3) is 5.65 Å². The molecule has 0 bridgehead atoms. The van der Waals surface area contributed by atoms with E-state index in [0.29, 0.717) is 5.92 Å². The maximum absolute atomic E-state index is 4.76. The summed E-state index contributed by atoms with van der Waals surface area (Å²) >= 11 is 0. The summed E-state index contributed by atoms with van der Waals surface area (Å²) < 4.78 is 2.04. The van der Waals surface area contributed by atoms with E-state index in [2.05, 4.69) is 65.9 Å². The Bertz CT molecular complexity index is 903. The van der Waals surface area contributed by atoms with Crippen LogP contribution >= 0.6 is 24.0 Å². The fraction of sp³-hybridized carbons (Fsp3) is 0.409. The number of aromatic nitrogens is 3. The standard InChI is InChI=1S/C22H30N6.HI/c1-4-23-22(25-16-18(3)19-12-10-17(2)11-13-19)24-14-7-9-21-27-26-20-8-5-6-15-28(20)21;/h5-6,8,10-13,15,18H,4,7,9,14,16H2,1-3H3,(H2,23,24,25);1H. The minimum absolute atomic E-state index is 0. The Labute approximate surface area is 190 Å². The first-order chi connectivity index (χ1) is 13.7. The van der Waals surface area contributed by atoms with Gasteiger partial charge in [-0.05, 0) is 38.0 Å². The van der Waals surface area contributed by atoms with Gasteiger partial charge in [0.25, 0.3) is 0 Å². The molecule has 3 rings (SSSR count). The summed E-state index contributed by atoms with van der Waals surface area (Å²) in [7, 11) is 0. The van der Waals surface area contributed by atoms with Crippen molar-refractivity contribution in [2.24, 2.45) is 4.99 Å². The van der Waals surface area contributed by atoms with Gasteiger partial charge in [-0.1, -0.05) is 42.8 Å². The lowest BCUT2D eigenvalue weighted by molar-refractivity contribution is 0.706. The van der Waals surface area contributed by atoms with Gasteiger partial charge < -0.3 is 10.6 Å². The molecular formula is C22H31IN6. The molecule has 0 fully saturated rings. The number of aryl methyl sites for hydroxylation is 2. The number of guanidine groups is 1. The highest BCUT2D eigenvalue weighted by atomic mass is 127. The molecule has 3 aromatic rings. The molecule has 0 aliphatic heterocycles. The van der Waals surface area contributed by atoms with Crippen LogP contribution in [0.15, 0.2) is 53.7 Å². The van der Waals surface area contributed by atoms with E-state index in [1.54, 1.807) is 0 Å². The minimum atomic E-state index is 0. The van der Waals surface area contributed by atoms with Gasteiger partial charge in [0.1, 0.15) is 5.82 Å². The van der Waals surface area contributed by atoms with Gasteiger partial charge >= 0.3 is 0 Å². The SMILES string of the molecule is CCNC(=NCC(C)c1ccc(C)cc1)NCCCc1nnc2ccccn12.I. The van der Waals surface area contributed by atoms with Crippen LogP contribution in [-0.2, 0) is 6.42 Å². The lowest BCUT2D eigenvalue weighted by Crippen LogP contribution is -2.38. The van der Waals surface area contributed by atoms with Crippen LogP contribution in [0.2, 0.25) is 0 Å². The van der Waals surface area contributed by atoms with Crippen LogP contribution in [0.1, 0.15) is 43.1 Å². The first-order valence-electron chi connectivity index (χ1n) is 10.0. The van der Waals surface area contributed by atoms with E-state index >= 15 is 0 Å². The molecule has 156 valence electrons. The second-order valence-corrected chi connectivity index (χ2v) is 7.11. The number of hydrogen-bond donors (Lipinski definition) is 2. The molecule has 0 saturated carbocycles. The van der Waals surface area contributed by atoms with Gasteiger partial charge in [0, 0.05) is 38.2 Å². The highest BCUT2D eigenvalue weighted by Crippen LogP contribution is 2.16. The summed E-state index contributed by atoms with van der Waals surface area (Å²) in [5, 5.41) is 15.2. The fourth-order valence-corrected chi connectivity index (χ4v) is 3.09. The molecule has 2 aromatic heterocycles. The number of hydrogen-bond acceptors (Lipinski definition) is 3. The smallest absolute Gasteiger partial charge is 0.191 e. The van der Waals surface area contributed by atoms with E-state index in [4.69, 9.17) is 4.99 Å². The van der Waals surface area contributed by atoms with Gasteiger partial charge in [-0.15, -0.1) is 34.2 Å². The van der Waals surface area contributed by atoms with E-state index in [1.807, 2.05) is 28.8 Å². The third-order valence-corrected chi connectivity index (χ3v) is 4.77. The first-order valence-corrected chi connectivity index (χ1v) is 10.0. The zero-order valence-electron chi connectivity index (χ0n) is 17.4. The number of pyridine rings is 1. The fourth-order valence-electron chi connectivity index (χ4n) is 3.09. The molecule has 7 heteroatoms. The van der Waals surface area contributed by atoms with Crippen LogP contribution in [0.3, 0.4) is 0 Å². The quantitative estimate of drug-likeness (QED) is 0.210.